The van der Waals surface area contributed by atoms with Crippen LogP contribution in [-0.2, 0) is 14.8 Å². The first-order chi connectivity index (χ1) is 10.7. The van der Waals surface area contributed by atoms with E-state index in [2.05, 4.69) is 12.2 Å². The molecule has 0 fully saturated rings. The number of carbonyl (C=O) groups excluding carboxylic acids is 1. The molecular formula is C16H25ClN2O3S. The van der Waals surface area contributed by atoms with Gasteiger partial charge in [-0.05, 0) is 44.0 Å². The highest BCUT2D eigenvalue weighted by molar-refractivity contribution is 7.92. The molecule has 1 rings (SSSR count). The normalized spacial score (nSPS) is 12.7. The van der Waals surface area contributed by atoms with Crippen molar-refractivity contribution in [3.63, 3.8) is 0 Å². The van der Waals surface area contributed by atoms with Crippen molar-refractivity contribution in [2.45, 2.75) is 45.6 Å². The summed E-state index contributed by atoms with van der Waals surface area (Å²) >= 11 is 5.83. The lowest BCUT2D eigenvalue weighted by molar-refractivity contribution is -0.121. The zero-order chi connectivity index (χ0) is 17.5. The van der Waals surface area contributed by atoms with Crippen LogP contribution in [0.2, 0.25) is 5.02 Å². The second kappa shape index (κ2) is 9.13. The first-order valence-electron chi connectivity index (χ1n) is 7.76. The molecule has 1 N–H and O–H groups in total. The Balaban J connectivity index is 2.60. The summed E-state index contributed by atoms with van der Waals surface area (Å²) in [6.45, 7) is 4.30. The molecule has 0 saturated heterocycles. The molecule has 5 nitrogen and oxygen atoms in total. The monoisotopic (exact) mass is 360 g/mol. The number of hydrogen-bond donors (Lipinski definition) is 1. The van der Waals surface area contributed by atoms with Crippen molar-refractivity contribution in [1.82, 2.24) is 5.32 Å². The smallest absolute Gasteiger partial charge is 0.232 e. The fraction of sp³-hybridized carbons (Fsp3) is 0.562. The second-order valence-electron chi connectivity index (χ2n) is 5.67. The van der Waals surface area contributed by atoms with Crippen molar-refractivity contribution in [3.8, 4) is 0 Å². The highest BCUT2D eigenvalue weighted by atomic mass is 35.5. The fourth-order valence-electron chi connectivity index (χ4n) is 2.33. The van der Waals surface area contributed by atoms with Crippen LogP contribution in [0.5, 0.6) is 0 Å². The number of carbonyl (C=O) groups is 1. The Morgan fingerprint density at radius 3 is 2.43 bits per heavy atom. The molecule has 0 aliphatic heterocycles. The largest absolute Gasteiger partial charge is 0.354 e. The lowest BCUT2D eigenvalue weighted by atomic mass is 10.2. The summed E-state index contributed by atoms with van der Waals surface area (Å²) in [4.78, 5) is 11.8. The third-order valence-corrected chi connectivity index (χ3v) is 4.86. The highest BCUT2D eigenvalue weighted by Gasteiger charge is 2.17. The van der Waals surface area contributed by atoms with Crippen LogP contribution in [0, 0.1) is 0 Å². The molecule has 1 aromatic rings. The van der Waals surface area contributed by atoms with Crippen LogP contribution in [0.4, 0.5) is 5.69 Å². The summed E-state index contributed by atoms with van der Waals surface area (Å²) in [5, 5.41) is 3.46. The minimum Gasteiger partial charge on any atom is -0.354 e. The van der Waals surface area contributed by atoms with Crippen molar-refractivity contribution in [3.05, 3.63) is 29.3 Å². The third kappa shape index (κ3) is 7.22. The van der Waals surface area contributed by atoms with E-state index in [0.717, 1.165) is 19.1 Å². The van der Waals surface area contributed by atoms with Crippen molar-refractivity contribution in [1.29, 1.82) is 0 Å². The molecule has 1 amide bonds. The summed E-state index contributed by atoms with van der Waals surface area (Å²) in [5.41, 5.74) is 0.552. The van der Waals surface area contributed by atoms with Gasteiger partial charge in [0.25, 0.3) is 0 Å². The van der Waals surface area contributed by atoms with Gasteiger partial charge < -0.3 is 5.32 Å². The standard InChI is InChI=1S/C16H25ClN2O3S/c1-4-6-13(2)18-16(20)7-5-12-19(23(3,21)22)15-10-8-14(17)9-11-15/h8-11,13H,4-7,12H2,1-3H3,(H,18,20)/t13-/m0/s1. The number of nitrogens with zero attached hydrogens (tertiary/aromatic N) is 1. The van der Waals surface area contributed by atoms with Gasteiger partial charge in [-0.15, -0.1) is 0 Å². The number of hydrogen-bond acceptors (Lipinski definition) is 3. The van der Waals surface area contributed by atoms with Gasteiger partial charge in [-0.3, -0.25) is 9.10 Å². The van der Waals surface area contributed by atoms with Crippen LogP contribution in [0.25, 0.3) is 0 Å². The van der Waals surface area contributed by atoms with E-state index in [1.165, 1.54) is 4.31 Å². The van der Waals surface area contributed by atoms with E-state index in [9.17, 15) is 13.2 Å². The van der Waals surface area contributed by atoms with E-state index in [-0.39, 0.29) is 18.5 Å². The predicted octanol–water partition coefficient (Wildman–Crippen LogP) is 3.19. The van der Waals surface area contributed by atoms with Crippen molar-refractivity contribution >= 4 is 33.2 Å². The summed E-state index contributed by atoms with van der Waals surface area (Å²) < 4.78 is 25.2. The molecule has 0 aliphatic rings. The Hall–Kier alpha value is -1.27. The maximum atomic E-state index is 11.9. The first-order valence-corrected chi connectivity index (χ1v) is 9.99. The molecule has 0 unspecified atom stereocenters. The molecule has 0 saturated carbocycles. The molecule has 0 aliphatic carbocycles. The SMILES string of the molecule is CCC[C@H](C)NC(=O)CCCN(c1ccc(Cl)cc1)S(C)(=O)=O. The average Bonchev–Trinajstić information content (AvgIpc) is 2.44. The van der Waals surface area contributed by atoms with Crippen molar-refractivity contribution < 1.29 is 13.2 Å². The minimum atomic E-state index is -3.40. The number of rotatable bonds is 9. The topological polar surface area (TPSA) is 66.5 Å². The van der Waals surface area contributed by atoms with E-state index in [1.54, 1.807) is 24.3 Å². The lowest BCUT2D eigenvalue weighted by Gasteiger charge is -2.22. The predicted molar refractivity (Wildman–Crippen MR) is 95.4 cm³/mol. The molecule has 23 heavy (non-hydrogen) atoms. The van der Waals surface area contributed by atoms with Crippen molar-refractivity contribution in [2.24, 2.45) is 0 Å². The van der Waals surface area contributed by atoms with E-state index >= 15 is 0 Å². The van der Waals surface area contributed by atoms with Gasteiger partial charge in [-0.1, -0.05) is 24.9 Å². The summed E-state index contributed by atoms with van der Waals surface area (Å²) in [6.07, 6.45) is 3.87. The van der Waals surface area contributed by atoms with E-state index in [1.807, 2.05) is 6.92 Å². The molecule has 1 atom stereocenters. The van der Waals surface area contributed by atoms with Gasteiger partial charge in [0.05, 0.1) is 11.9 Å². The molecule has 7 heteroatoms. The summed E-state index contributed by atoms with van der Waals surface area (Å²) in [7, 11) is -3.40. The molecule has 0 spiro atoms. The van der Waals surface area contributed by atoms with E-state index in [0.29, 0.717) is 23.6 Å². The van der Waals surface area contributed by atoms with Crippen LogP contribution >= 0.6 is 11.6 Å². The maximum absolute atomic E-state index is 11.9. The number of anilines is 1. The Morgan fingerprint density at radius 2 is 1.91 bits per heavy atom. The van der Waals surface area contributed by atoms with Gasteiger partial charge in [0, 0.05) is 24.0 Å². The van der Waals surface area contributed by atoms with Gasteiger partial charge in [-0.2, -0.15) is 0 Å². The van der Waals surface area contributed by atoms with Gasteiger partial charge in [0.2, 0.25) is 15.9 Å². The van der Waals surface area contributed by atoms with Gasteiger partial charge in [-0.25, -0.2) is 8.42 Å². The minimum absolute atomic E-state index is 0.0458. The molecule has 0 bridgehead atoms. The molecule has 130 valence electrons. The zero-order valence-corrected chi connectivity index (χ0v) is 15.5. The van der Waals surface area contributed by atoms with Crippen molar-refractivity contribution in [2.75, 3.05) is 17.1 Å². The van der Waals surface area contributed by atoms with Crippen LogP contribution in [0.3, 0.4) is 0 Å². The lowest BCUT2D eigenvalue weighted by Crippen LogP contribution is -2.34. The quantitative estimate of drug-likeness (QED) is 0.735. The molecule has 0 heterocycles. The van der Waals surface area contributed by atoms with Gasteiger partial charge >= 0.3 is 0 Å². The Bertz CT molecular complexity index is 602. The maximum Gasteiger partial charge on any atom is 0.232 e. The summed E-state index contributed by atoms with van der Waals surface area (Å²) in [6, 6.07) is 6.76. The summed E-state index contributed by atoms with van der Waals surface area (Å²) in [5.74, 6) is -0.0458. The van der Waals surface area contributed by atoms with Crippen LogP contribution < -0.4 is 9.62 Å². The number of benzene rings is 1. The van der Waals surface area contributed by atoms with Gasteiger partial charge in [0.1, 0.15) is 0 Å². The molecular weight excluding hydrogens is 336 g/mol. The van der Waals surface area contributed by atoms with E-state index in [4.69, 9.17) is 11.6 Å². The Labute approximate surface area is 144 Å². The van der Waals surface area contributed by atoms with E-state index < -0.39 is 10.0 Å². The molecule has 1 aromatic carbocycles. The van der Waals surface area contributed by atoms with Crippen LogP contribution in [0.15, 0.2) is 24.3 Å². The number of sulfonamides is 1. The average molecular weight is 361 g/mol. The Morgan fingerprint density at radius 1 is 1.30 bits per heavy atom. The molecule has 0 aromatic heterocycles. The third-order valence-electron chi connectivity index (χ3n) is 3.41. The number of halogens is 1. The van der Waals surface area contributed by atoms with Gasteiger partial charge in [0.15, 0.2) is 0 Å². The van der Waals surface area contributed by atoms with Crippen LogP contribution in [0.1, 0.15) is 39.5 Å². The first kappa shape index (κ1) is 19.8. The zero-order valence-electron chi connectivity index (χ0n) is 13.9. The second-order valence-corrected chi connectivity index (χ2v) is 8.02. The molecule has 0 radical (unpaired) electrons. The van der Waals surface area contributed by atoms with Crippen LogP contribution in [-0.4, -0.2) is 33.2 Å². The Kier molecular flexibility index (Phi) is 7.85. The fourth-order valence-corrected chi connectivity index (χ4v) is 3.42. The number of nitrogens with one attached hydrogen (secondary N) is 1. The number of amides is 1. The highest BCUT2D eigenvalue weighted by Crippen LogP contribution is 2.20.